The molecule has 2 aromatic carbocycles. The molecule has 6 nitrogen and oxygen atoms in total. The van der Waals surface area contributed by atoms with E-state index in [1.807, 2.05) is 33.8 Å². The van der Waals surface area contributed by atoms with Gasteiger partial charge in [-0.1, -0.05) is 38.5 Å². The molecule has 0 aliphatic heterocycles. The summed E-state index contributed by atoms with van der Waals surface area (Å²) in [5, 5.41) is 0. The Morgan fingerprint density at radius 3 is 2.16 bits per heavy atom. The summed E-state index contributed by atoms with van der Waals surface area (Å²) in [4.78, 5) is 37.8. The molecule has 0 fully saturated rings. The van der Waals surface area contributed by atoms with Crippen LogP contribution in [0.2, 0.25) is 0 Å². The van der Waals surface area contributed by atoms with Gasteiger partial charge in [0.05, 0.1) is 17.0 Å². The summed E-state index contributed by atoms with van der Waals surface area (Å²) in [5.74, 6) is -0.962. The molecule has 1 atom stereocenters. The smallest absolute Gasteiger partial charge is 0.343 e. The number of ketones is 1. The lowest BCUT2D eigenvalue weighted by molar-refractivity contribution is -0.154. The fourth-order valence-corrected chi connectivity index (χ4v) is 2.81. The number of carbonyl (C=O) groups is 3. The van der Waals surface area contributed by atoms with E-state index in [0.29, 0.717) is 16.7 Å². The normalized spacial score (nSPS) is 12.8. The van der Waals surface area contributed by atoms with Crippen LogP contribution in [0, 0.1) is 17.8 Å². The van der Waals surface area contributed by atoms with E-state index in [4.69, 9.17) is 15.2 Å². The van der Waals surface area contributed by atoms with E-state index in [0.717, 1.165) is 5.56 Å². The van der Waals surface area contributed by atoms with Crippen LogP contribution in [0.3, 0.4) is 0 Å². The molecule has 0 aliphatic rings. The Morgan fingerprint density at radius 2 is 1.59 bits per heavy atom. The number of hydrogen-bond acceptors (Lipinski definition) is 6. The van der Waals surface area contributed by atoms with Crippen LogP contribution in [0.25, 0.3) is 0 Å². The van der Waals surface area contributed by atoms with Gasteiger partial charge in [-0.3, -0.25) is 9.59 Å². The first-order chi connectivity index (χ1) is 14.7. The first kappa shape index (κ1) is 25.3. The van der Waals surface area contributed by atoms with Gasteiger partial charge >= 0.3 is 11.9 Å². The standard InChI is InChI=1S/C26H33NO5/c1-16-9-8-10-18(13-16)23(29)32-20-12-11-17(21(28)22(27)25(2,3)4)14-19(20)15-31-24(30)26(5,6)7/h8-14,22H,15,27H2,1-7H3. The Morgan fingerprint density at radius 1 is 0.938 bits per heavy atom. The highest BCUT2D eigenvalue weighted by Crippen LogP contribution is 2.27. The summed E-state index contributed by atoms with van der Waals surface area (Å²) in [6, 6.07) is 11.0. The minimum absolute atomic E-state index is 0.140. The molecule has 0 aromatic heterocycles. The monoisotopic (exact) mass is 439 g/mol. The zero-order valence-electron chi connectivity index (χ0n) is 19.9. The number of carbonyl (C=O) groups excluding carboxylic acids is 3. The maximum atomic E-state index is 12.9. The zero-order valence-corrected chi connectivity index (χ0v) is 19.9. The molecule has 0 aliphatic carbocycles. The van der Waals surface area contributed by atoms with Crippen LogP contribution in [0.15, 0.2) is 42.5 Å². The third-order valence-corrected chi connectivity index (χ3v) is 4.99. The van der Waals surface area contributed by atoms with Crippen molar-refractivity contribution in [2.45, 2.75) is 61.1 Å². The van der Waals surface area contributed by atoms with Crippen LogP contribution < -0.4 is 10.5 Å². The highest BCUT2D eigenvalue weighted by molar-refractivity contribution is 6.01. The summed E-state index contributed by atoms with van der Waals surface area (Å²) in [6.07, 6.45) is 0. The van der Waals surface area contributed by atoms with Crippen molar-refractivity contribution in [3.63, 3.8) is 0 Å². The second-order valence-corrected chi connectivity index (χ2v) is 10.1. The van der Waals surface area contributed by atoms with E-state index >= 15 is 0 Å². The lowest BCUT2D eigenvalue weighted by atomic mass is 9.82. The van der Waals surface area contributed by atoms with Crippen molar-refractivity contribution in [2.24, 2.45) is 16.6 Å². The number of esters is 2. The van der Waals surface area contributed by atoms with Gasteiger partial charge in [0.2, 0.25) is 0 Å². The van der Waals surface area contributed by atoms with Gasteiger partial charge in [-0.2, -0.15) is 0 Å². The third-order valence-electron chi connectivity index (χ3n) is 4.99. The van der Waals surface area contributed by atoms with Crippen LogP contribution in [-0.4, -0.2) is 23.8 Å². The van der Waals surface area contributed by atoms with E-state index in [-0.39, 0.29) is 18.1 Å². The fraction of sp³-hybridized carbons (Fsp3) is 0.423. The molecule has 0 spiro atoms. The lowest BCUT2D eigenvalue weighted by Gasteiger charge is -2.26. The maximum absolute atomic E-state index is 12.9. The number of hydrogen-bond donors (Lipinski definition) is 1. The van der Waals surface area contributed by atoms with E-state index < -0.39 is 28.8 Å². The average molecular weight is 440 g/mol. The molecule has 0 amide bonds. The van der Waals surface area contributed by atoms with Crippen LogP contribution in [-0.2, 0) is 16.1 Å². The minimum atomic E-state index is -0.715. The maximum Gasteiger partial charge on any atom is 0.343 e. The summed E-state index contributed by atoms with van der Waals surface area (Å²) in [5.41, 5.74) is 7.13. The highest BCUT2D eigenvalue weighted by Gasteiger charge is 2.29. The second kappa shape index (κ2) is 9.65. The number of rotatable bonds is 6. The first-order valence-corrected chi connectivity index (χ1v) is 10.6. The first-order valence-electron chi connectivity index (χ1n) is 10.6. The van der Waals surface area contributed by atoms with Crippen molar-refractivity contribution >= 4 is 17.7 Å². The lowest BCUT2D eigenvalue weighted by Crippen LogP contribution is -2.42. The van der Waals surface area contributed by atoms with Gasteiger partial charge in [0.25, 0.3) is 0 Å². The van der Waals surface area contributed by atoms with Crippen molar-refractivity contribution in [1.82, 2.24) is 0 Å². The van der Waals surface area contributed by atoms with Crippen LogP contribution in [0.1, 0.15) is 73.4 Å². The summed E-state index contributed by atoms with van der Waals surface area (Å²) in [6.45, 7) is 12.6. The van der Waals surface area contributed by atoms with Crippen molar-refractivity contribution in [1.29, 1.82) is 0 Å². The van der Waals surface area contributed by atoms with Crippen molar-refractivity contribution in [2.75, 3.05) is 0 Å². The summed E-state index contributed by atoms with van der Waals surface area (Å²) >= 11 is 0. The van der Waals surface area contributed by atoms with Gasteiger partial charge < -0.3 is 15.2 Å². The molecular formula is C26H33NO5. The van der Waals surface area contributed by atoms with Crippen LogP contribution in [0.4, 0.5) is 0 Å². The molecule has 0 saturated carbocycles. The molecule has 1 unspecified atom stereocenters. The molecule has 172 valence electrons. The number of benzene rings is 2. The SMILES string of the molecule is Cc1cccc(C(=O)Oc2ccc(C(=O)C(N)C(C)(C)C)cc2COC(=O)C(C)(C)C)c1. The Labute approximate surface area is 190 Å². The Bertz CT molecular complexity index is 1010. The average Bonchev–Trinajstić information content (AvgIpc) is 2.70. The molecule has 2 rings (SSSR count). The van der Waals surface area contributed by atoms with E-state index in [2.05, 4.69) is 0 Å². The van der Waals surface area contributed by atoms with Gasteiger partial charge in [0.1, 0.15) is 12.4 Å². The van der Waals surface area contributed by atoms with Gasteiger partial charge in [-0.25, -0.2) is 4.79 Å². The number of nitrogens with two attached hydrogens (primary N) is 1. The van der Waals surface area contributed by atoms with Gasteiger partial charge in [0, 0.05) is 11.1 Å². The summed E-state index contributed by atoms with van der Waals surface area (Å²) in [7, 11) is 0. The second-order valence-electron chi connectivity index (χ2n) is 10.1. The van der Waals surface area contributed by atoms with Gasteiger partial charge in [-0.15, -0.1) is 0 Å². The predicted molar refractivity (Wildman–Crippen MR) is 124 cm³/mol. The quantitative estimate of drug-likeness (QED) is 0.392. The molecule has 6 heteroatoms. The van der Waals surface area contributed by atoms with Crippen molar-refractivity contribution < 1.29 is 23.9 Å². The highest BCUT2D eigenvalue weighted by atomic mass is 16.5. The van der Waals surface area contributed by atoms with Crippen molar-refractivity contribution in [3.8, 4) is 5.75 Å². The number of Topliss-reactive ketones (excluding diaryl/α,β-unsaturated/α-hetero) is 1. The zero-order chi connectivity index (χ0) is 24.3. The molecular weight excluding hydrogens is 406 g/mol. The summed E-state index contributed by atoms with van der Waals surface area (Å²) < 4.78 is 11.0. The Kier molecular flexibility index (Phi) is 7.62. The minimum Gasteiger partial charge on any atom is -0.460 e. The molecule has 0 saturated heterocycles. The molecule has 2 aromatic rings. The van der Waals surface area contributed by atoms with Crippen LogP contribution in [0.5, 0.6) is 5.75 Å². The molecule has 32 heavy (non-hydrogen) atoms. The largest absolute Gasteiger partial charge is 0.460 e. The Balaban J connectivity index is 2.38. The Hall–Kier alpha value is -2.99. The number of ether oxygens (including phenoxy) is 2. The van der Waals surface area contributed by atoms with Crippen LogP contribution >= 0.6 is 0 Å². The molecule has 0 heterocycles. The van der Waals surface area contributed by atoms with Gasteiger partial charge in [-0.05, 0) is 63.4 Å². The molecule has 2 N–H and O–H groups in total. The molecule has 0 radical (unpaired) electrons. The van der Waals surface area contributed by atoms with E-state index in [1.54, 1.807) is 51.1 Å². The third kappa shape index (κ3) is 6.50. The number of aryl methyl sites for hydroxylation is 1. The molecule has 0 bridgehead atoms. The van der Waals surface area contributed by atoms with E-state index in [9.17, 15) is 14.4 Å². The van der Waals surface area contributed by atoms with E-state index in [1.165, 1.54) is 6.07 Å². The van der Waals surface area contributed by atoms with Crippen molar-refractivity contribution in [3.05, 3.63) is 64.7 Å². The van der Waals surface area contributed by atoms with Gasteiger partial charge in [0.15, 0.2) is 5.78 Å². The topological polar surface area (TPSA) is 95.7 Å². The fourth-order valence-electron chi connectivity index (χ4n) is 2.81. The predicted octanol–water partition coefficient (Wildman–Crippen LogP) is 4.86.